The first-order valence-electron chi connectivity index (χ1n) is 2.68. The number of sulfonamides is 1. The lowest BCUT2D eigenvalue weighted by molar-refractivity contribution is 0.461. The first kappa shape index (κ1) is 8.91. The van der Waals surface area contributed by atoms with Crippen molar-refractivity contribution >= 4 is 10.0 Å². The van der Waals surface area contributed by atoms with Crippen molar-refractivity contribution in [2.24, 2.45) is 5.41 Å². The first-order valence-corrected chi connectivity index (χ1v) is 4.33. The molecule has 0 heterocycles. The van der Waals surface area contributed by atoms with Gasteiger partial charge in [-0.3, -0.25) is 0 Å². The fraction of sp³-hybridized carbons (Fsp3) is 1.00. The average molecular weight is 150 g/mol. The van der Waals surface area contributed by atoms with E-state index in [0.29, 0.717) is 0 Å². The van der Waals surface area contributed by atoms with E-state index in [2.05, 4.69) is 0 Å². The Labute approximate surface area is 56.3 Å². The van der Waals surface area contributed by atoms with Crippen molar-refractivity contribution in [1.82, 2.24) is 5.14 Å². The van der Waals surface area contributed by atoms with Crippen LogP contribution in [0.3, 0.4) is 0 Å². The third kappa shape index (κ3) is 7.91. The molecule has 0 atom stereocenters. The number of rotatable bonds is 1. The van der Waals surface area contributed by atoms with Crippen molar-refractivity contribution in [3.8, 4) is 0 Å². The second-order valence-electron chi connectivity index (χ2n) is 3.32. The summed E-state index contributed by atoms with van der Waals surface area (Å²) in [4.78, 5) is 0. The highest BCUT2D eigenvalue weighted by Gasteiger charge is 2.17. The third-order valence-corrected chi connectivity index (χ3v) is 1.87. The molecule has 1 N–H and O–H groups in total. The smallest absolute Gasteiger partial charge is 0.211 e. The van der Waals surface area contributed by atoms with Gasteiger partial charge in [0.2, 0.25) is 10.0 Å². The second kappa shape index (κ2) is 2.27. The van der Waals surface area contributed by atoms with E-state index in [1.54, 1.807) is 20.8 Å². The van der Waals surface area contributed by atoms with Crippen LogP contribution in [0.25, 0.3) is 0 Å². The summed E-state index contributed by atoms with van der Waals surface area (Å²) in [6, 6.07) is 0. The minimum atomic E-state index is -3.53. The molecule has 3 nitrogen and oxygen atoms in total. The van der Waals surface area contributed by atoms with Crippen LogP contribution in [0.2, 0.25) is 0 Å². The minimum Gasteiger partial charge on any atom is -0.211 e. The second-order valence-corrected chi connectivity index (χ2v) is 4.84. The number of nitrogens with one attached hydrogen (secondary N) is 1. The van der Waals surface area contributed by atoms with Gasteiger partial charge in [0.05, 0.1) is 5.75 Å². The molecule has 0 amide bonds. The van der Waals surface area contributed by atoms with Crippen LogP contribution < -0.4 is 5.14 Å². The van der Waals surface area contributed by atoms with Gasteiger partial charge in [-0.25, -0.2) is 8.42 Å². The van der Waals surface area contributed by atoms with Gasteiger partial charge < -0.3 is 0 Å². The number of hydrogen-bond donors (Lipinski definition) is 0. The molecule has 0 rings (SSSR count). The Bertz CT molecular complexity index is 176. The van der Waals surface area contributed by atoms with Crippen LogP contribution >= 0.6 is 0 Å². The molecule has 0 aromatic carbocycles. The van der Waals surface area contributed by atoms with Gasteiger partial charge in [0.25, 0.3) is 0 Å². The Hall–Kier alpha value is -0.0900. The molecule has 0 saturated heterocycles. The van der Waals surface area contributed by atoms with Crippen molar-refractivity contribution in [3.63, 3.8) is 0 Å². The van der Waals surface area contributed by atoms with Crippen LogP contribution in [0.1, 0.15) is 20.8 Å². The van der Waals surface area contributed by atoms with E-state index in [1.165, 1.54) is 0 Å². The maximum atomic E-state index is 10.3. The fourth-order valence-corrected chi connectivity index (χ4v) is 1.71. The standard InChI is InChI=1S/C5H12NO2S/c1-5(2,3)4-9(6,7)8/h6H,4H2,1-3H3. The third-order valence-electron chi connectivity index (χ3n) is 0.623. The molecule has 0 bridgehead atoms. The van der Waals surface area contributed by atoms with Crippen LogP contribution in [0, 0.1) is 5.41 Å². The molecule has 1 radical (unpaired) electrons. The van der Waals surface area contributed by atoms with Crippen LogP contribution in [0.5, 0.6) is 0 Å². The zero-order chi connectivity index (χ0) is 7.71. The van der Waals surface area contributed by atoms with E-state index in [9.17, 15) is 8.42 Å². The highest BCUT2D eigenvalue weighted by Crippen LogP contribution is 2.14. The SMILES string of the molecule is CC(C)(C)CS([NH])(=O)=O. The van der Waals surface area contributed by atoms with Crippen LogP contribution in [0.15, 0.2) is 0 Å². The fourth-order valence-electron chi connectivity index (χ4n) is 0.570. The van der Waals surface area contributed by atoms with Crippen LogP contribution in [0.4, 0.5) is 0 Å². The lowest BCUT2D eigenvalue weighted by atomic mass is 10.0. The summed E-state index contributed by atoms with van der Waals surface area (Å²) in [6.45, 7) is 5.37. The van der Waals surface area contributed by atoms with E-state index in [1.807, 2.05) is 0 Å². The maximum Gasteiger partial charge on any atom is 0.225 e. The first-order chi connectivity index (χ1) is 3.71. The van der Waals surface area contributed by atoms with Gasteiger partial charge in [-0.1, -0.05) is 20.8 Å². The van der Waals surface area contributed by atoms with E-state index in [0.717, 1.165) is 0 Å². The lowest BCUT2D eigenvalue weighted by Crippen LogP contribution is -2.20. The molecule has 0 aliphatic rings. The highest BCUT2D eigenvalue weighted by molar-refractivity contribution is 7.88. The van der Waals surface area contributed by atoms with Crippen molar-refractivity contribution in [2.45, 2.75) is 20.8 Å². The van der Waals surface area contributed by atoms with Crippen molar-refractivity contribution < 1.29 is 8.42 Å². The van der Waals surface area contributed by atoms with E-state index >= 15 is 0 Å². The quantitative estimate of drug-likeness (QED) is 0.551. The molecule has 9 heavy (non-hydrogen) atoms. The van der Waals surface area contributed by atoms with Gasteiger partial charge >= 0.3 is 0 Å². The molecule has 0 unspecified atom stereocenters. The Morgan fingerprint density at radius 1 is 1.33 bits per heavy atom. The zero-order valence-electron chi connectivity index (χ0n) is 5.93. The molecule has 0 fully saturated rings. The van der Waals surface area contributed by atoms with Crippen LogP contribution in [-0.2, 0) is 10.0 Å². The van der Waals surface area contributed by atoms with Gasteiger partial charge in [0.1, 0.15) is 0 Å². The predicted octanol–water partition coefficient (Wildman–Crippen LogP) is 0.645. The predicted molar refractivity (Wildman–Crippen MR) is 36.3 cm³/mol. The maximum absolute atomic E-state index is 10.3. The largest absolute Gasteiger partial charge is 0.225 e. The molecular weight excluding hydrogens is 138 g/mol. The summed E-state index contributed by atoms with van der Waals surface area (Å²) in [5.74, 6) is -0.0694. The summed E-state index contributed by atoms with van der Waals surface area (Å²) < 4.78 is 20.6. The molecule has 0 spiro atoms. The summed E-state index contributed by atoms with van der Waals surface area (Å²) in [7, 11) is -3.53. The average Bonchev–Trinajstić information content (AvgIpc) is 1.14. The topological polar surface area (TPSA) is 57.9 Å². The highest BCUT2D eigenvalue weighted by atomic mass is 32.2. The Balaban J connectivity index is 4.07. The van der Waals surface area contributed by atoms with Gasteiger partial charge in [-0.2, -0.15) is 0 Å². The molecule has 55 valence electrons. The summed E-state index contributed by atoms with van der Waals surface area (Å²) >= 11 is 0. The van der Waals surface area contributed by atoms with Gasteiger partial charge in [-0.15, -0.1) is 5.14 Å². The van der Waals surface area contributed by atoms with Crippen molar-refractivity contribution in [2.75, 3.05) is 5.75 Å². The zero-order valence-corrected chi connectivity index (χ0v) is 6.75. The molecule has 4 heteroatoms. The van der Waals surface area contributed by atoms with Crippen molar-refractivity contribution in [3.05, 3.63) is 0 Å². The van der Waals surface area contributed by atoms with Crippen LogP contribution in [-0.4, -0.2) is 14.2 Å². The molecular formula is C5H12NO2S. The lowest BCUT2D eigenvalue weighted by Gasteiger charge is -2.14. The molecule has 0 aliphatic carbocycles. The molecule has 0 saturated carbocycles. The Morgan fingerprint density at radius 2 is 1.67 bits per heavy atom. The molecule has 0 aromatic rings. The monoisotopic (exact) mass is 150 g/mol. The summed E-state index contributed by atoms with van der Waals surface area (Å²) in [5.41, 5.74) is -0.291. The van der Waals surface area contributed by atoms with E-state index in [-0.39, 0.29) is 11.2 Å². The summed E-state index contributed by atoms with van der Waals surface area (Å²) in [5, 5.41) is 6.56. The van der Waals surface area contributed by atoms with Gasteiger partial charge in [-0.05, 0) is 5.41 Å². The van der Waals surface area contributed by atoms with Crippen molar-refractivity contribution in [1.29, 1.82) is 0 Å². The van der Waals surface area contributed by atoms with E-state index in [4.69, 9.17) is 5.14 Å². The Kier molecular flexibility index (Phi) is 2.24. The Morgan fingerprint density at radius 3 is 1.67 bits per heavy atom. The van der Waals surface area contributed by atoms with Gasteiger partial charge in [0, 0.05) is 0 Å². The molecule has 0 aromatic heterocycles. The van der Waals surface area contributed by atoms with E-state index < -0.39 is 10.0 Å². The normalized spacial score (nSPS) is 13.8. The minimum absolute atomic E-state index is 0.0694. The molecule has 0 aliphatic heterocycles. The summed E-state index contributed by atoms with van der Waals surface area (Å²) in [6.07, 6.45) is 0. The van der Waals surface area contributed by atoms with Gasteiger partial charge in [0.15, 0.2) is 0 Å². The number of hydrogen-bond acceptors (Lipinski definition) is 2.